The van der Waals surface area contributed by atoms with Crippen LogP contribution in [0.25, 0.3) is 0 Å². The fourth-order valence-corrected chi connectivity index (χ4v) is 5.47. The van der Waals surface area contributed by atoms with Crippen molar-refractivity contribution >= 4 is 17.5 Å². The van der Waals surface area contributed by atoms with Crippen molar-refractivity contribution in [3.63, 3.8) is 0 Å². The molecular weight excluding hydrogens is 510 g/mol. The summed E-state index contributed by atoms with van der Waals surface area (Å²) < 4.78 is 5.50. The quantitative estimate of drug-likeness (QED) is 0.184. The standard InChI is InChI=1S/C35H37N3O3/c1-2-41-24-12-23-38-33(31-19-9-10-20-32(31)35(38)40)37-29-18-11-17-28(25-29)34(39)36-22-21-30(26-13-5-3-6-14-26)27-15-7-4-8-16-27/h3-11,13-20,25,30,33,37H,2,12,21-24H2,1H3,(H,36,39). The maximum absolute atomic E-state index is 13.2. The molecule has 1 heterocycles. The number of benzene rings is 4. The van der Waals surface area contributed by atoms with Crippen LogP contribution in [-0.2, 0) is 4.74 Å². The molecule has 0 bridgehead atoms. The van der Waals surface area contributed by atoms with E-state index in [1.165, 1.54) is 11.1 Å². The largest absolute Gasteiger partial charge is 0.382 e. The summed E-state index contributed by atoms with van der Waals surface area (Å²) >= 11 is 0. The SMILES string of the molecule is CCOCCCN1C(=O)c2ccccc2C1Nc1cccc(C(=O)NCCC(c2ccccc2)c2ccccc2)c1. The molecule has 1 aliphatic heterocycles. The Kier molecular flexibility index (Phi) is 9.45. The summed E-state index contributed by atoms with van der Waals surface area (Å²) in [6, 6.07) is 36.0. The molecule has 5 rings (SSSR count). The number of fused-ring (bicyclic) bond motifs is 1. The Labute approximate surface area is 242 Å². The van der Waals surface area contributed by atoms with Gasteiger partial charge in [-0.05, 0) is 55.2 Å². The lowest BCUT2D eigenvalue weighted by Gasteiger charge is -2.27. The van der Waals surface area contributed by atoms with Crippen molar-refractivity contribution in [2.75, 3.05) is 31.6 Å². The number of anilines is 1. The summed E-state index contributed by atoms with van der Waals surface area (Å²) in [6.07, 6.45) is 1.23. The predicted molar refractivity (Wildman–Crippen MR) is 163 cm³/mol. The van der Waals surface area contributed by atoms with Gasteiger partial charge in [-0.3, -0.25) is 9.59 Å². The number of nitrogens with one attached hydrogen (secondary N) is 2. The monoisotopic (exact) mass is 547 g/mol. The van der Waals surface area contributed by atoms with E-state index in [0.29, 0.717) is 37.4 Å². The molecule has 0 saturated heterocycles. The van der Waals surface area contributed by atoms with Gasteiger partial charge in [0.1, 0.15) is 6.17 Å². The highest BCUT2D eigenvalue weighted by atomic mass is 16.5. The molecule has 2 amide bonds. The van der Waals surface area contributed by atoms with E-state index in [1.807, 2.05) is 72.5 Å². The van der Waals surface area contributed by atoms with Gasteiger partial charge >= 0.3 is 0 Å². The minimum absolute atomic E-state index is 0.00915. The van der Waals surface area contributed by atoms with Crippen molar-refractivity contribution < 1.29 is 14.3 Å². The van der Waals surface area contributed by atoms with Crippen LogP contribution in [0.2, 0.25) is 0 Å². The first-order valence-corrected chi connectivity index (χ1v) is 14.4. The molecule has 2 N–H and O–H groups in total. The van der Waals surface area contributed by atoms with Crippen LogP contribution in [0.4, 0.5) is 5.69 Å². The second kappa shape index (κ2) is 13.8. The van der Waals surface area contributed by atoms with Crippen molar-refractivity contribution in [2.45, 2.75) is 31.8 Å². The molecule has 0 spiro atoms. The lowest BCUT2D eigenvalue weighted by atomic mass is 9.88. The number of carbonyl (C=O) groups excluding carboxylic acids is 2. The van der Waals surface area contributed by atoms with Crippen molar-refractivity contribution in [1.82, 2.24) is 10.2 Å². The molecule has 210 valence electrons. The van der Waals surface area contributed by atoms with Crippen LogP contribution >= 0.6 is 0 Å². The van der Waals surface area contributed by atoms with Gasteiger partial charge < -0.3 is 20.3 Å². The van der Waals surface area contributed by atoms with E-state index < -0.39 is 0 Å². The Bertz CT molecular complexity index is 1400. The van der Waals surface area contributed by atoms with E-state index in [-0.39, 0.29) is 23.9 Å². The van der Waals surface area contributed by atoms with E-state index in [2.05, 4.69) is 59.2 Å². The van der Waals surface area contributed by atoms with Crippen molar-refractivity contribution in [3.8, 4) is 0 Å². The fraction of sp³-hybridized carbons (Fsp3) is 0.257. The van der Waals surface area contributed by atoms with E-state index >= 15 is 0 Å². The second-order valence-electron chi connectivity index (χ2n) is 10.2. The van der Waals surface area contributed by atoms with Crippen LogP contribution in [0.5, 0.6) is 0 Å². The highest BCUT2D eigenvalue weighted by molar-refractivity contribution is 5.99. The molecule has 0 saturated carbocycles. The molecule has 1 unspecified atom stereocenters. The summed E-state index contributed by atoms with van der Waals surface area (Å²) in [6.45, 7) is 4.35. The summed E-state index contributed by atoms with van der Waals surface area (Å²) in [5, 5.41) is 6.63. The molecule has 4 aromatic rings. The maximum atomic E-state index is 13.2. The molecule has 1 aliphatic rings. The molecule has 4 aromatic carbocycles. The van der Waals surface area contributed by atoms with Crippen LogP contribution in [0.1, 0.15) is 69.3 Å². The first-order chi connectivity index (χ1) is 20.2. The van der Waals surface area contributed by atoms with Gasteiger partial charge in [-0.1, -0.05) is 84.9 Å². The highest BCUT2D eigenvalue weighted by Crippen LogP contribution is 2.34. The Morgan fingerprint density at radius 2 is 1.56 bits per heavy atom. The Morgan fingerprint density at radius 1 is 0.878 bits per heavy atom. The number of nitrogens with zero attached hydrogens (tertiary/aromatic N) is 1. The van der Waals surface area contributed by atoms with Gasteiger partial charge in [0, 0.05) is 54.6 Å². The van der Waals surface area contributed by atoms with Crippen LogP contribution in [0, 0.1) is 0 Å². The van der Waals surface area contributed by atoms with Gasteiger partial charge in [-0.2, -0.15) is 0 Å². The lowest BCUT2D eigenvalue weighted by molar-refractivity contribution is 0.0708. The Balaban J connectivity index is 1.25. The smallest absolute Gasteiger partial charge is 0.256 e. The zero-order valence-corrected chi connectivity index (χ0v) is 23.5. The Morgan fingerprint density at radius 3 is 2.27 bits per heavy atom. The predicted octanol–water partition coefficient (Wildman–Crippen LogP) is 6.63. The maximum Gasteiger partial charge on any atom is 0.256 e. The summed E-state index contributed by atoms with van der Waals surface area (Å²) in [4.78, 5) is 28.2. The number of hydrogen-bond donors (Lipinski definition) is 2. The average molecular weight is 548 g/mol. The highest BCUT2D eigenvalue weighted by Gasteiger charge is 2.36. The molecule has 0 fully saturated rings. The molecule has 0 aliphatic carbocycles. The number of rotatable bonds is 13. The normalized spacial score (nSPS) is 14.2. The summed E-state index contributed by atoms with van der Waals surface area (Å²) in [5.41, 5.74) is 5.48. The summed E-state index contributed by atoms with van der Waals surface area (Å²) in [5.74, 6) is 0.0826. The van der Waals surface area contributed by atoms with Gasteiger partial charge in [0.25, 0.3) is 11.8 Å². The van der Waals surface area contributed by atoms with E-state index in [9.17, 15) is 9.59 Å². The lowest BCUT2D eigenvalue weighted by Crippen LogP contribution is -2.33. The Hall–Kier alpha value is -4.42. The minimum atomic E-state index is -0.309. The van der Waals surface area contributed by atoms with Crippen molar-refractivity contribution in [1.29, 1.82) is 0 Å². The molecule has 41 heavy (non-hydrogen) atoms. The van der Waals surface area contributed by atoms with Gasteiger partial charge in [0.05, 0.1) is 0 Å². The molecule has 1 atom stereocenters. The van der Waals surface area contributed by atoms with Crippen LogP contribution in [0.3, 0.4) is 0 Å². The third-order valence-electron chi connectivity index (χ3n) is 7.50. The zero-order valence-electron chi connectivity index (χ0n) is 23.5. The van der Waals surface area contributed by atoms with Gasteiger partial charge in [-0.25, -0.2) is 0 Å². The fourth-order valence-electron chi connectivity index (χ4n) is 5.47. The summed E-state index contributed by atoms with van der Waals surface area (Å²) in [7, 11) is 0. The van der Waals surface area contributed by atoms with Crippen LogP contribution in [-0.4, -0.2) is 43.0 Å². The molecule has 6 nitrogen and oxygen atoms in total. The molecular formula is C35H37N3O3. The van der Waals surface area contributed by atoms with Crippen LogP contribution in [0.15, 0.2) is 109 Å². The second-order valence-corrected chi connectivity index (χ2v) is 10.2. The van der Waals surface area contributed by atoms with Gasteiger partial charge in [-0.15, -0.1) is 0 Å². The first kappa shape index (κ1) is 28.1. The number of hydrogen-bond acceptors (Lipinski definition) is 4. The third-order valence-corrected chi connectivity index (χ3v) is 7.50. The van der Waals surface area contributed by atoms with Gasteiger partial charge in [0.2, 0.25) is 0 Å². The topological polar surface area (TPSA) is 70.7 Å². The van der Waals surface area contributed by atoms with Crippen molar-refractivity contribution in [2.24, 2.45) is 0 Å². The minimum Gasteiger partial charge on any atom is -0.382 e. The van der Waals surface area contributed by atoms with E-state index in [1.54, 1.807) is 0 Å². The van der Waals surface area contributed by atoms with Crippen LogP contribution < -0.4 is 10.6 Å². The molecule has 0 radical (unpaired) electrons. The molecule has 0 aromatic heterocycles. The van der Waals surface area contributed by atoms with E-state index in [0.717, 1.165) is 24.1 Å². The zero-order chi connectivity index (χ0) is 28.4. The number of amides is 2. The third kappa shape index (κ3) is 6.84. The van der Waals surface area contributed by atoms with Crippen molar-refractivity contribution in [3.05, 3.63) is 137 Å². The van der Waals surface area contributed by atoms with Gasteiger partial charge in [0.15, 0.2) is 0 Å². The molecule has 6 heteroatoms. The first-order valence-electron chi connectivity index (χ1n) is 14.4. The van der Waals surface area contributed by atoms with E-state index in [4.69, 9.17) is 4.74 Å². The average Bonchev–Trinajstić information content (AvgIpc) is 3.28. The number of carbonyl (C=O) groups is 2. The number of ether oxygens (including phenoxy) is 1.